The molecule has 0 spiro atoms. The Morgan fingerprint density at radius 3 is 2.62 bits per heavy atom. The highest BCUT2D eigenvalue weighted by Gasteiger charge is 2.15. The molecule has 4 heteroatoms. The molecule has 1 aromatic rings. The first-order valence-electron chi connectivity index (χ1n) is 7.68. The Balaban J connectivity index is 2.54. The van der Waals surface area contributed by atoms with E-state index in [0.717, 1.165) is 30.4 Å². The first kappa shape index (κ1) is 17.5. The number of aryl methyl sites for hydroxylation is 1. The van der Waals surface area contributed by atoms with E-state index in [1.54, 1.807) is 19.9 Å². The lowest BCUT2D eigenvalue weighted by Gasteiger charge is -2.17. The molecule has 0 aromatic heterocycles. The van der Waals surface area contributed by atoms with Crippen molar-refractivity contribution in [3.05, 3.63) is 29.3 Å². The molecule has 4 nitrogen and oxygen atoms in total. The molecular weight excluding hydrogens is 266 g/mol. The SMILES string of the molecule is CCCCCNC(=O)C(C)Oc1ccc([C@H](C)O)cc1C. The molecule has 0 heterocycles. The van der Waals surface area contributed by atoms with Gasteiger partial charge in [-0.15, -0.1) is 0 Å². The molecule has 118 valence electrons. The number of unbranched alkanes of at least 4 members (excludes halogenated alkanes) is 2. The number of hydrogen-bond acceptors (Lipinski definition) is 3. The van der Waals surface area contributed by atoms with Crippen molar-refractivity contribution < 1.29 is 14.6 Å². The third kappa shape index (κ3) is 5.76. The summed E-state index contributed by atoms with van der Waals surface area (Å²) in [5, 5.41) is 12.4. The molecule has 2 N–H and O–H groups in total. The summed E-state index contributed by atoms with van der Waals surface area (Å²) in [6.45, 7) is 8.21. The van der Waals surface area contributed by atoms with Crippen LogP contribution in [0.25, 0.3) is 0 Å². The Kier molecular flexibility index (Phi) is 7.23. The van der Waals surface area contributed by atoms with Crippen LogP contribution in [0.15, 0.2) is 18.2 Å². The zero-order chi connectivity index (χ0) is 15.8. The standard InChI is InChI=1S/C17H27NO3/c1-5-6-7-10-18-17(20)14(4)21-16-9-8-15(13(3)19)11-12(16)2/h8-9,11,13-14,19H,5-7,10H2,1-4H3,(H,18,20)/t13-,14?/m0/s1. The van der Waals surface area contributed by atoms with Gasteiger partial charge in [0.1, 0.15) is 5.75 Å². The number of carbonyl (C=O) groups is 1. The minimum absolute atomic E-state index is 0.0925. The van der Waals surface area contributed by atoms with Crippen molar-refractivity contribution in [2.45, 2.75) is 59.2 Å². The lowest BCUT2D eigenvalue weighted by molar-refractivity contribution is -0.127. The number of carbonyl (C=O) groups excluding carboxylic acids is 1. The molecule has 2 atom stereocenters. The summed E-state index contributed by atoms with van der Waals surface area (Å²) < 4.78 is 5.70. The maximum absolute atomic E-state index is 11.9. The van der Waals surface area contributed by atoms with E-state index in [2.05, 4.69) is 12.2 Å². The summed E-state index contributed by atoms with van der Waals surface area (Å²) in [5.74, 6) is 0.584. The molecule has 0 saturated carbocycles. The summed E-state index contributed by atoms with van der Waals surface area (Å²) >= 11 is 0. The van der Waals surface area contributed by atoms with Crippen LogP contribution in [0.3, 0.4) is 0 Å². The summed E-state index contributed by atoms with van der Waals surface area (Å²) in [5.41, 5.74) is 1.76. The van der Waals surface area contributed by atoms with E-state index in [9.17, 15) is 9.90 Å². The monoisotopic (exact) mass is 293 g/mol. The predicted octanol–water partition coefficient (Wildman–Crippen LogP) is 3.12. The van der Waals surface area contributed by atoms with Gasteiger partial charge < -0.3 is 15.2 Å². The van der Waals surface area contributed by atoms with Crippen LogP contribution in [0.4, 0.5) is 0 Å². The minimum atomic E-state index is -0.525. The van der Waals surface area contributed by atoms with Crippen LogP contribution in [-0.2, 0) is 4.79 Å². The average molecular weight is 293 g/mol. The molecular formula is C17H27NO3. The van der Waals surface area contributed by atoms with Crippen molar-refractivity contribution in [3.63, 3.8) is 0 Å². The quantitative estimate of drug-likeness (QED) is 0.724. The predicted molar refractivity (Wildman–Crippen MR) is 84.4 cm³/mol. The van der Waals surface area contributed by atoms with Crippen molar-refractivity contribution in [1.29, 1.82) is 0 Å². The molecule has 0 aliphatic heterocycles. The molecule has 1 rings (SSSR count). The van der Waals surface area contributed by atoms with Gasteiger partial charge >= 0.3 is 0 Å². The van der Waals surface area contributed by atoms with E-state index >= 15 is 0 Å². The molecule has 1 amide bonds. The topological polar surface area (TPSA) is 58.6 Å². The van der Waals surface area contributed by atoms with E-state index in [1.807, 2.05) is 19.1 Å². The first-order chi connectivity index (χ1) is 9.95. The fraction of sp³-hybridized carbons (Fsp3) is 0.588. The third-order valence-corrected chi connectivity index (χ3v) is 3.43. The number of ether oxygens (including phenoxy) is 1. The summed E-state index contributed by atoms with van der Waals surface area (Å²) in [7, 11) is 0. The van der Waals surface area contributed by atoms with E-state index < -0.39 is 12.2 Å². The molecule has 0 aliphatic rings. The van der Waals surface area contributed by atoms with Crippen molar-refractivity contribution in [2.75, 3.05) is 6.54 Å². The van der Waals surface area contributed by atoms with Crippen LogP contribution in [0.1, 0.15) is 57.3 Å². The van der Waals surface area contributed by atoms with Crippen molar-refractivity contribution in [3.8, 4) is 5.75 Å². The van der Waals surface area contributed by atoms with Crippen LogP contribution in [-0.4, -0.2) is 23.7 Å². The summed E-state index contributed by atoms with van der Waals surface area (Å²) in [6, 6.07) is 5.50. The van der Waals surface area contributed by atoms with Crippen LogP contribution >= 0.6 is 0 Å². The van der Waals surface area contributed by atoms with Crippen molar-refractivity contribution in [2.24, 2.45) is 0 Å². The molecule has 1 unspecified atom stereocenters. The minimum Gasteiger partial charge on any atom is -0.481 e. The van der Waals surface area contributed by atoms with Gasteiger partial charge in [-0.25, -0.2) is 0 Å². The van der Waals surface area contributed by atoms with E-state index in [4.69, 9.17) is 4.74 Å². The van der Waals surface area contributed by atoms with Crippen LogP contribution < -0.4 is 10.1 Å². The first-order valence-corrected chi connectivity index (χ1v) is 7.68. The molecule has 1 aromatic carbocycles. The molecule has 0 saturated heterocycles. The fourth-order valence-corrected chi connectivity index (χ4v) is 2.04. The zero-order valence-corrected chi connectivity index (χ0v) is 13.5. The number of nitrogens with one attached hydrogen (secondary N) is 1. The largest absolute Gasteiger partial charge is 0.481 e. The second-order valence-corrected chi connectivity index (χ2v) is 5.46. The summed E-state index contributed by atoms with van der Waals surface area (Å²) in [6.07, 6.45) is 2.23. The van der Waals surface area contributed by atoms with Crippen molar-refractivity contribution in [1.82, 2.24) is 5.32 Å². The maximum atomic E-state index is 11.9. The average Bonchev–Trinajstić information content (AvgIpc) is 2.45. The second-order valence-electron chi connectivity index (χ2n) is 5.46. The molecule has 0 radical (unpaired) electrons. The Hall–Kier alpha value is -1.55. The van der Waals surface area contributed by atoms with E-state index in [-0.39, 0.29) is 5.91 Å². The maximum Gasteiger partial charge on any atom is 0.260 e. The lowest BCUT2D eigenvalue weighted by Crippen LogP contribution is -2.36. The number of benzene rings is 1. The number of aliphatic hydroxyl groups is 1. The normalized spacial score (nSPS) is 13.6. The Bertz CT molecular complexity index is 457. The number of amides is 1. The Morgan fingerprint density at radius 1 is 1.33 bits per heavy atom. The number of hydrogen-bond donors (Lipinski definition) is 2. The van der Waals surface area contributed by atoms with Gasteiger partial charge in [-0.1, -0.05) is 25.8 Å². The van der Waals surface area contributed by atoms with Gasteiger partial charge in [0.2, 0.25) is 0 Å². The highest BCUT2D eigenvalue weighted by Crippen LogP contribution is 2.23. The molecule has 0 aliphatic carbocycles. The Morgan fingerprint density at radius 2 is 2.05 bits per heavy atom. The zero-order valence-electron chi connectivity index (χ0n) is 13.5. The number of rotatable bonds is 8. The van der Waals surface area contributed by atoms with Gasteiger partial charge in [0.15, 0.2) is 6.10 Å². The van der Waals surface area contributed by atoms with Crippen LogP contribution in [0.2, 0.25) is 0 Å². The highest BCUT2D eigenvalue weighted by molar-refractivity contribution is 5.80. The van der Waals surface area contributed by atoms with E-state index in [0.29, 0.717) is 12.3 Å². The smallest absolute Gasteiger partial charge is 0.260 e. The summed E-state index contributed by atoms with van der Waals surface area (Å²) in [4.78, 5) is 11.9. The van der Waals surface area contributed by atoms with Crippen LogP contribution in [0, 0.1) is 6.92 Å². The second kappa shape index (κ2) is 8.67. The van der Waals surface area contributed by atoms with Gasteiger partial charge in [-0.05, 0) is 50.5 Å². The van der Waals surface area contributed by atoms with E-state index in [1.165, 1.54) is 0 Å². The molecule has 0 fully saturated rings. The highest BCUT2D eigenvalue weighted by atomic mass is 16.5. The van der Waals surface area contributed by atoms with Gasteiger partial charge in [0, 0.05) is 6.54 Å². The fourth-order valence-electron chi connectivity index (χ4n) is 2.04. The molecule has 21 heavy (non-hydrogen) atoms. The third-order valence-electron chi connectivity index (χ3n) is 3.43. The Labute approximate surface area is 127 Å². The van der Waals surface area contributed by atoms with Gasteiger partial charge in [-0.3, -0.25) is 4.79 Å². The molecule has 0 bridgehead atoms. The van der Waals surface area contributed by atoms with Crippen LogP contribution in [0.5, 0.6) is 5.75 Å². The van der Waals surface area contributed by atoms with Gasteiger partial charge in [-0.2, -0.15) is 0 Å². The van der Waals surface area contributed by atoms with Crippen molar-refractivity contribution >= 4 is 5.91 Å². The number of aliphatic hydroxyl groups excluding tert-OH is 1. The lowest BCUT2D eigenvalue weighted by atomic mass is 10.1. The van der Waals surface area contributed by atoms with Gasteiger partial charge in [0.25, 0.3) is 5.91 Å². The van der Waals surface area contributed by atoms with Gasteiger partial charge in [0.05, 0.1) is 6.10 Å².